The van der Waals surface area contributed by atoms with Gasteiger partial charge in [-0.1, -0.05) is 37.3 Å². The number of aromatic nitrogens is 4. The van der Waals surface area contributed by atoms with E-state index in [4.69, 9.17) is 14.9 Å². The van der Waals surface area contributed by atoms with Crippen molar-refractivity contribution in [3.8, 4) is 0 Å². The summed E-state index contributed by atoms with van der Waals surface area (Å²) in [5, 5.41) is 9.78. The van der Waals surface area contributed by atoms with Gasteiger partial charge >= 0.3 is 12.1 Å². The first-order valence-electron chi connectivity index (χ1n) is 10.6. The maximum atomic E-state index is 13.2. The van der Waals surface area contributed by atoms with E-state index in [1.54, 1.807) is 52.0 Å². The molecule has 0 atom stereocenters. The van der Waals surface area contributed by atoms with Crippen LogP contribution >= 0.6 is 0 Å². The Morgan fingerprint density at radius 3 is 2.56 bits per heavy atom. The predicted molar refractivity (Wildman–Crippen MR) is 121 cm³/mol. The number of fused-ring (bicyclic) bond motifs is 1. The van der Waals surface area contributed by atoms with Crippen molar-refractivity contribution in [1.82, 2.24) is 30.0 Å². The van der Waals surface area contributed by atoms with Gasteiger partial charge in [0.05, 0.1) is 12.9 Å². The van der Waals surface area contributed by atoms with Gasteiger partial charge in [-0.2, -0.15) is 0 Å². The number of rotatable bonds is 7. The molecule has 2 heterocycles. The summed E-state index contributed by atoms with van der Waals surface area (Å²) in [6, 6.07) is 9.02. The van der Waals surface area contributed by atoms with E-state index in [-0.39, 0.29) is 42.2 Å². The highest BCUT2D eigenvalue weighted by Crippen LogP contribution is 2.09. The van der Waals surface area contributed by atoms with Crippen LogP contribution < -0.4 is 10.9 Å². The quantitative estimate of drug-likeness (QED) is 0.350. The van der Waals surface area contributed by atoms with E-state index in [9.17, 15) is 14.4 Å². The molecule has 0 aliphatic heterocycles. The fourth-order valence-electron chi connectivity index (χ4n) is 2.98. The summed E-state index contributed by atoms with van der Waals surface area (Å²) in [5.41, 5.74) is 2.48. The van der Waals surface area contributed by atoms with E-state index < -0.39 is 23.6 Å². The number of carbonyl (C=O) groups excluding carboxylic acids is 3. The maximum absolute atomic E-state index is 13.2. The van der Waals surface area contributed by atoms with Crippen LogP contribution in [0.25, 0.3) is 11.2 Å². The largest absolute Gasteiger partial charge is 0.455 e. The lowest BCUT2D eigenvalue weighted by Gasteiger charge is -2.25. The number of nitrogens with one attached hydrogen (secondary N) is 3. The van der Waals surface area contributed by atoms with Gasteiger partial charge in [0.15, 0.2) is 11.1 Å². The first-order chi connectivity index (χ1) is 16.1. The third-order valence-corrected chi connectivity index (χ3v) is 4.50. The van der Waals surface area contributed by atoms with E-state index in [0.717, 1.165) is 10.1 Å². The molecular weight excluding hydrogens is 442 g/mol. The van der Waals surface area contributed by atoms with E-state index in [2.05, 4.69) is 20.4 Å². The number of H-pyrrole nitrogens is 1. The zero-order chi connectivity index (χ0) is 24.9. The Hall–Kier alpha value is -4.06. The molecule has 3 aromatic rings. The molecule has 0 saturated carbocycles. The van der Waals surface area contributed by atoms with Crippen LogP contribution in [0.3, 0.4) is 0 Å². The third-order valence-electron chi connectivity index (χ3n) is 4.50. The molecule has 0 spiro atoms. The number of amides is 1. The molecule has 12 heteroatoms. The van der Waals surface area contributed by atoms with Crippen LogP contribution in [0.4, 0.5) is 4.79 Å². The number of aromatic amines is 1. The van der Waals surface area contributed by atoms with Gasteiger partial charge in [0.25, 0.3) is 0 Å². The van der Waals surface area contributed by atoms with Gasteiger partial charge in [-0.05, 0) is 26.3 Å². The molecule has 0 saturated heterocycles. The molecule has 0 radical (unpaired) electrons. The fraction of sp³-hybridized carbons (Fsp3) is 0.364. The van der Waals surface area contributed by atoms with Crippen molar-refractivity contribution in [3.05, 3.63) is 53.5 Å². The van der Waals surface area contributed by atoms with Gasteiger partial charge in [0.1, 0.15) is 17.7 Å². The number of hydrogen-bond acceptors (Lipinski definition) is 9. The average molecular weight is 470 g/mol. The molecule has 3 N–H and O–H groups in total. The van der Waals surface area contributed by atoms with E-state index in [1.165, 1.54) is 11.3 Å². The number of hydrogen-bond donors (Lipinski definition) is 3. The monoisotopic (exact) mass is 469 g/mol. The number of carbonyl (C=O) groups is 3. The minimum absolute atomic E-state index is 0.0389. The standard InChI is InChI=1S/C22H27N7O5/c1-5-28(27-21(32)34-22(2,3)4)11-15(30)29-17(23)16-18(25-13-24-16)26-19(29)20(31)33-12-14-9-7-6-8-10-14/h6-10,13,23H,5,11-12H2,1-4H3,(H,24,25)(H,27,32). The van der Waals surface area contributed by atoms with Gasteiger partial charge in [0, 0.05) is 6.54 Å². The molecule has 12 nitrogen and oxygen atoms in total. The molecule has 0 aliphatic carbocycles. The molecule has 0 unspecified atom stereocenters. The maximum Gasteiger partial charge on any atom is 0.422 e. The van der Waals surface area contributed by atoms with Crippen molar-refractivity contribution in [2.45, 2.75) is 39.9 Å². The van der Waals surface area contributed by atoms with Crippen molar-refractivity contribution in [3.63, 3.8) is 0 Å². The Kier molecular flexibility index (Phi) is 7.41. The summed E-state index contributed by atoms with van der Waals surface area (Å²) in [4.78, 5) is 49.1. The molecule has 3 rings (SSSR count). The minimum atomic E-state index is -0.890. The fourth-order valence-corrected chi connectivity index (χ4v) is 2.98. The normalized spacial score (nSPS) is 11.4. The first-order valence-corrected chi connectivity index (χ1v) is 10.6. The van der Waals surface area contributed by atoms with Gasteiger partial charge in [-0.15, -0.1) is 0 Å². The second kappa shape index (κ2) is 10.3. The third kappa shape index (κ3) is 6.04. The number of benzene rings is 1. The van der Waals surface area contributed by atoms with Gasteiger partial charge in [0.2, 0.25) is 11.7 Å². The number of nitrogens with zero attached hydrogens (tertiary/aromatic N) is 4. The summed E-state index contributed by atoms with van der Waals surface area (Å²) < 4.78 is 11.4. The molecule has 0 fully saturated rings. The van der Waals surface area contributed by atoms with Crippen LogP contribution in [0.15, 0.2) is 36.7 Å². The topological polar surface area (TPSA) is 155 Å². The molecule has 2 aromatic heterocycles. The van der Waals surface area contributed by atoms with Crippen LogP contribution in [0, 0.1) is 5.41 Å². The van der Waals surface area contributed by atoms with Crippen molar-refractivity contribution < 1.29 is 23.9 Å². The Morgan fingerprint density at radius 2 is 1.91 bits per heavy atom. The zero-order valence-electron chi connectivity index (χ0n) is 19.4. The van der Waals surface area contributed by atoms with Crippen LogP contribution in [0.5, 0.6) is 0 Å². The SMILES string of the molecule is CCN(CC(=O)n1c(C(=O)OCc2ccccc2)nc2nc[nH]c2c1=N)NC(=O)OC(C)(C)C. The van der Waals surface area contributed by atoms with Crippen molar-refractivity contribution in [1.29, 1.82) is 5.41 Å². The Labute approximate surface area is 195 Å². The molecule has 0 bridgehead atoms. The highest BCUT2D eigenvalue weighted by molar-refractivity contribution is 5.94. The van der Waals surface area contributed by atoms with Crippen molar-refractivity contribution >= 4 is 29.1 Å². The van der Waals surface area contributed by atoms with Crippen LogP contribution in [-0.2, 0) is 16.1 Å². The molecule has 180 valence electrons. The Bertz CT molecular complexity index is 1240. The average Bonchev–Trinajstić information content (AvgIpc) is 3.25. The molecule has 1 aromatic carbocycles. The van der Waals surface area contributed by atoms with Crippen molar-refractivity contribution in [2.24, 2.45) is 0 Å². The van der Waals surface area contributed by atoms with Crippen molar-refractivity contribution in [2.75, 3.05) is 13.1 Å². The van der Waals surface area contributed by atoms with Crippen LogP contribution in [0.1, 0.15) is 48.7 Å². The van der Waals surface area contributed by atoms with E-state index in [1.807, 2.05) is 6.07 Å². The van der Waals surface area contributed by atoms with E-state index >= 15 is 0 Å². The molecule has 34 heavy (non-hydrogen) atoms. The van der Waals surface area contributed by atoms with E-state index in [0.29, 0.717) is 0 Å². The van der Waals surface area contributed by atoms with Gasteiger partial charge in [-0.3, -0.25) is 15.6 Å². The Morgan fingerprint density at radius 1 is 1.21 bits per heavy atom. The number of likely N-dealkylation sites (N-methyl/N-ethyl adjacent to an activating group) is 1. The number of hydrazine groups is 1. The number of ether oxygens (including phenoxy) is 2. The first kappa shape index (κ1) is 24.6. The molecule has 1 amide bonds. The summed E-state index contributed by atoms with van der Waals surface area (Å²) in [6.45, 7) is 6.74. The van der Waals surface area contributed by atoms with Gasteiger partial charge in [-0.25, -0.2) is 29.1 Å². The Balaban J connectivity index is 1.86. The second-order valence-electron chi connectivity index (χ2n) is 8.30. The lowest BCUT2D eigenvalue weighted by Crippen LogP contribution is -2.49. The number of imidazole rings is 1. The highest BCUT2D eigenvalue weighted by Gasteiger charge is 2.25. The smallest absolute Gasteiger partial charge is 0.422 e. The second-order valence-corrected chi connectivity index (χ2v) is 8.30. The zero-order valence-corrected chi connectivity index (χ0v) is 19.4. The van der Waals surface area contributed by atoms with Crippen LogP contribution in [0.2, 0.25) is 0 Å². The molecule has 0 aliphatic rings. The van der Waals surface area contributed by atoms with Crippen LogP contribution in [-0.4, -0.2) is 61.2 Å². The number of esters is 1. The minimum Gasteiger partial charge on any atom is -0.455 e. The highest BCUT2D eigenvalue weighted by atomic mass is 16.6. The summed E-state index contributed by atoms with van der Waals surface area (Å²) in [5.74, 6) is -1.96. The summed E-state index contributed by atoms with van der Waals surface area (Å²) >= 11 is 0. The lowest BCUT2D eigenvalue weighted by atomic mass is 10.2. The van der Waals surface area contributed by atoms with Gasteiger partial charge < -0.3 is 14.5 Å². The lowest BCUT2D eigenvalue weighted by molar-refractivity contribution is 0.0324. The molecular formula is C22H27N7O5. The summed E-state index contributed by atoms with van der Waals surface area (Å²) in [7, 11) is 0. The predicted octanol–water partition coefficient (Wildman–Crippen LogP) is 2.00. The summed E-state index contributed by atoms with van der Waals surface area (Å²) in [6.07, 6.45) is 0.578.